The third-order valence-electron chi connectivity index (χ3n) is 9.84. The Labute approximate surface area is 338 Å². The van der Waals surface area contributed by atoms with Crippen molar-refractivity contribution >= 4 is 53.0 Å². The molecule has 14 nitrogen and oxygen atoms in total. The fraction of sp³-hybridized carbons (Fsp3) is 0.744. The number of ether oxygens (including phenoxy) is 5. The number of Topliss-reactive ketones (excluding diaryl/α,β-unsaturated/α-hetero) is 4. The van der Waals surface area contributed by atoms with E-state index in [9.17, 15) is 43.2 Å². The molecule has 0 saturated heterocycles. The number of methoxy groups -OCH3 is 2. The first kappa shape index (κ1) is 52.8. The first-order valence-corrected chi connectivity index (χ1v) is 19.2. The standard InChI is InChI=1S/C43H68O14/c1-17-28(44)55-25-41(18-2,26-56-29(45)19-21-42(23-31(47)53-15,33(49)37(3,4)5)34(50)38(6,7)8)27-57-30(46)20-22-43(24-32(48)54-16,35(51)39(9,10)11)36(52)40(12,13)14/h17H,1,18-27H2,2-16H3. The lowest BCUT2D eigenvalue weighted by Gasteiger charge is -2.39. The van der Waals surface area contributed by atoms with Gasteiger partial charge < -0.3 is 23.7 Å². The summed E-state index contributed by atoms with van der Waals surface area (Å²) >= 11 is 0. The molecule has 0 aromatic heterocycles. The van der Waals surface area contributed by atoms with Crippen LogP contribution in [0.5, 0.6) is 0 Å². The number of rotatable bonds is 22. The molecule has 0 N–H and O–H groups in total. The average molecular weight is 809 g/mol. The van der Waals surface area contributed by atoms with Gasteiger partial charge in [-0.3, -0.25) is 38.4 Å². The number of ketones is 4. The van der Waals surface area contributed by atoms with Crippen molar-refractivity contribution in [3.8, 4) is 0 Å². The van der Waals surface area contributed by atoms with Gasteiger partial charge in [0.25, 0.3) is 0 Å². The van der Waals surface area contributed by atoms with Crippen molar-refractivity contribution in [3.63, 3.8) is 0 Å². The molecule has 14 heteroatoms. The van der Waals surface area contributed by atoms with E-state index in [0.717, 1.165) is 20.3 Å². The SMILES string of the molecule is C=CC(=O)OCC(CC)(COC(=O)CCC(CC(=O)OC)(C(=O)C(C)(C)C)C(=O)C(C)(C)C)COC(=O)CCC(CC(=O)OC)(C(=O)C(C)(C)C)C(=O)C(C)(C)C. The molecule has 0 aliphatic carbocycles. The molecule has 0 aromatic carbocycles. The van der Waals surface area contributed by atoms with E-state index < -0.39 is 130 Å². The maximum Gasteiger partial charge on any atom is 0.330 e. The summed E-state index contributed by atoms with van der Waals surface area (Å²) in [6, 6.07) is 0. The molecular formula is C43H68O14. The summed E-state index contributed by atoms with van der Waals surface area (Å²) in [6.07, 6.45) is -1.74. The molecule has 0 rings (SSSR count). The summed E-state index contributed by atoms with van der Waals surface area (Å²) in [6.45, 7) is 23.1. The van der Waals surface area contributed by atoms with Gasteiger partial charge in [0.15, 0.2) is 23.1 Å². The Morgan fingerprint density at radius 1 is 0.474 bits per heavy atom. The molecular weight excluding hydrogens is 740 g/mol. The van der Waals surface area contributed by atoms with Gasteiger partial charge in [-0.2, -0.15) is 0 Å². The monoisotopic (exact) mass is 808 g/mol. The molecule has 0 saturated carbocycles. The Hall–Kier alpha value is -4.23. The third-order valence-corrected chi connectivity index (χ3v) is 9.84. The molecule has 0 spiro atoms. The fourth-order valence-electron chi connectivity index (χ4n) is 6.62. The number of carbonyl (C=O) groups excluding carboxylic acids is 9. The van der Waals surface area contributed by atoms with Crippen LogP contribution < -0.4 is 0 Å². The predicted octanol–water partition coefficient (Wildman–Crippen LogP) is 6.32. The normalized spacial score (nSPS) is 12.8. The van der Waals surface area contributed by atoms with E-state index in [-0.39, 0.29) is 25.9 Å². The summed E-state index contributed by atoms with van der Waals surface area (Å²) in [4.78, 5) is 120. The first-order chi connectivity index (χ1) is 25.7. The van der Waals surface area contributed by atoms with Crippen molar-refractivity contribution < 1.29 is 66.8 Å². The molecule has 0 bridgehead atoms. The Bertz CT molecular complexity index is 1370. The van der Waals surface area contributed by atoms with Crippen LogP contribution in [0.25, 0.3) is 0 Å². The van der Waals surface area contributed by atoms with E-state index in [1.807, 2.05) is 0 Å². The minimum atomic E-state index is -1.91. The van der Waals surface area contributed by atoms with Gasteiger partial charge in [0.05, 0.1) is 43.3 Å². The third kappa shape index (κ3) is 14.9. The molecule has 0 aliphatic heterocycles. The van der Waals surface area contributed by atoms with E-state index >= 15 is 0 Å². The van der Waals surface area contributed by atoms with Crippen molar-refractivity contribution in [2.24, 2.45) is 37.9 Å². The lowest BCUT2D eigenvalue weighted by Crippen LogP contribution is -2.51. The quantitative estimate of drug-likeness (QED) is 0.0509. The van der Waals surface area contributed by atoms with Crippen LogP contribution in [0.2, 0.25) is 0 Å². The summed E-state index contributed by atoms with van der Waals surface area (Å²) < 4.78 is 26.3. The van der Waals surface area contributed by atoms with Crippen LogP contribution >= 0.6 is 0 Å². The van der Waals surface area contributed by atoms with Crippen LogP contribution in [0, 0.1) is 37.9 Å². The van der Waals surface area contributed by atoms with Crippen LogP contribution in [0.1, 0.15) is 135 Å². The van der Waals surface area contributed by atoms with E-state index in [4.69, 9.17) is 23.7 Å². The Balaban J connectivity index is 6.60. The van der Waals surface area contributed by atoms with Gasteiger partial charge >= 0.3 is 29.8 Å². The Morgan fingerprint density at radius 3 is 0.982 bits per heavy atom. The number of hydrogen-bond acceptors (Lipinski definition) is 14. The molecule has 57 heavy (non-hydrogen) atoms. The van der Waals surface area contributed by atoms with Gasteiger partial charge in [-0.25, -0.2) is 4.79 Å². The summed E-state index contributed by atoms with van der Waals surface area (Å²) in [7, 11) is 2.27. The first-order valence-electron chi connectivity index (χ1n) is 19.2. The van der Waals surface area contributed by atoms with Gasteiger partial charge in [-0.05, 0) is 19.3 Å². The molecule has 0 amide bonds. The van der Waals surface area contributed by atoms with E-state index in [1.165, 1.54) is 0 Å². The molecule has 0 heterocycles. The van der Waals surface area contributed by atoms with Crippen LogP contribution in [0.15, 0.2) is 12.7 Å². The van der Waals surface area contributed by atoms with Gasteiger partial charge in [0.2, 0.25) is 0 Å². The topological polar surface area (TPSA) is 200 Å². The molecule has 324 valence electrons. The van der Waals surface area contributed by atoms with Crippen molar-refractivity contribution in [2.45, 2.75) is 135 Å². The summed E-state index contributed by atoms with van der Waals surface area (Å²) in [5, 5.41) is 0. The average Bonchev–Trinajstić information content (AvgIpc) is 3.11. The van der Waals surface area contributed by atoms with E-state index in [0.29, 0.717) is 0 Å². The second kappa shape index (κ2) is 20.5. The van der Waals surface area contributed by atoms with Crippen molar-refractivity contribution in [2.75, 3.05) is 34.0 Å². The highest BCUT2D eigenvalue weighted by Gasteiger charge is 2.55. The molecule has 0 fully saturated rings. The highest BCUT2D eigenvalue weighted by Crippen LogP contribution is 2.45. The van der Waals surface area contributed by atoms with Crippen LogP contribution in [0.4, 0.5) is 0 Å². The highest BCUT2D eigenvalue weighted by atomic mass is 16.6. The molecule has 0 radical (unpaired) electrons. The summed E-state index contributed by atoms with van der Waals surface area (Å²) in [5.41, 5.74) is -9.43. The second-order valence-corrected chi connectivity index (χ2v) is 19.0. The van der Waals surface area contributed by atoms with E-state index in [1.54, 1.807) is 90.0 Å². The number of carbonyl (C=O) groups is 9. The molecule has 0 atom stereocenters. The van der Waals surface area contributed by atoms with Crippen LogP contribution in [-0.4, -0.2) is 87.0 Å². The minimum absolute atomic E-state index is 0.145. The van der Waals surface area contributed by atoms with E-state index in [2.05, 4.69) is 6.58 Å². The van der Waals surface area contributed by atoms with Gasteiger partial charge in [0.1, 0.15) is 19.8 Å². The van der Waals surface area contributed by atoms with Crippen molar-refractivity contribution in [3.05, 3.63) is 12.7 Å². The fourth-order valence-corrected chi connectivity index (χ4v) is 6.62. The maximum absolute atomic E-state index is 13.9. The van der Waals surface area contributed by atoms with Gasteiger partial charge in [-0.15, -0.1) is 0 Å². The van der Waals surface area contributed by atoms with Gasteiger partial charge in [0, 0.05) is 40.6 Å². The Morgan fingerprint density at radius 2 is 0.754 bits per heavy atom. The molecule has 0 unspecified atom stereocenters. The lowest BCUT2D eigenvalue weighted by molar-refractivity contribution is -0.164. The largest absolute Gasteiger partial charge is 0.469 e. The zero-order chi connectivity index (χ0) is 45.0. The number of esters is 5. The number of hydrogen-bond donors (Lipinski definition) is 0. The van der Waals surface area contributed by atoms with Crippen LogP contribution in [-0.2, 0) is 66.8 Å². The summed E-state index contributed by atoms with van der Waals surface area (Å²) in [5.74, 6) is -6.25. The zero-order valence-corrected chi connectivity index (χ0v) is 37.1. The second-order valence-electron chi connectivity index (χ2n) is 19.0. The Kier molecular flexibility index (Phi) is 18.9. The highest BCUT2D eigenvalue weighted by molar-refractivity contribution is 6.13. The zero-order valence-electron chi connectivity index (χ0n) is 37.1. The van der Waals surface area contributed by atoms with Crippen LogP contribution in [0.3, 0.4) is 0 Å². The molecule has 0 aromatic rings. The smallest absolute Gasteiger partial charge is 0.330 e. The lowest BCUT2D eigenvalue weighted by atomic mass is 9.61. The maximum atomic E-state index is 13.9. The predicted molar refractivity (Wildman–Crippen MR) is 210 cm³/mol. The molecule has 0 aliphatic rings. The van der Waals surface area contributed by atoms with Gasteiger partial charge in [-0.1, -0.05) is 96.6 Å². The van der Waals surface area contributed by atoms with Crippen molar-refractivity contribution in [1.82, 2.24) is 0 Å². The van der Waals surface area contributed by atoms with Crippen molar-refractivity contribution in [1.29, 1.82) is 0 Å². The minimum Gasteiger partial charge on any atom is -0.469 e.